The van der Waals surface area contributed by atoms with Crippen LogP contribution >= 0.6 is 0 Å². The SMILES string of the molecule is Cc1cc(NC(=O)CCC(=O)N(C[C@H]2CCCO2)[C@H](C(=O)NC2CCCC2)c2cccnc2)no1. The lowest BCUT2D eigenvalue weighted by molar-refractivity contribution is -0.143. The van der Waals surface area contributed by atoms with E-state index >= 15 is 0 Å². The molecule has 0 unspecified atom stereocenters. The molecule has 2 atom stereocenters. The van der Waals surface area contributed by atoms with Crippen LogP contribution in [0.15, 0.2) is 35.1 Å². The van der Waals surface area contributed by atoms with E-state index in [4.69, 9.17) is 9.26 Å². The second kappa shape index (κ2) is 11.9. The zero-order valence-corrected chi connectivity index (χ0v) is 20.1. The van der Waals surface area contributed by atoms with Gasteiger partial charge in [0.15, 0.2) is 5.82 Å². The molecular formula is C25H33N5O5. The fourth-order valence-electron chi connectivity index (χ4n) is 4.71. The largest absolute Gasteiger partial charge is 0.376 e. The number of amides is 3. The summed E-state index contributed by atoms with van der Waals surface area (Å²) in [4.78, 5) is 45.2. The van der Waals surface area contributed by atoms with Crippen LogP contribution in [0.3, 0.4) is 0 Å². The first kappa shape index (κ1) is 24.8. The molecule has 1 saturated heterocycles. The lowest BCUT2D eigenvalue weighted by Gasteiger charge is -2.33. The van der Waals surface area contributed by atoms with E-state index in [1.807, 2.05) is 0 Å². The van der Waals surface area contributed by atoms with Crippen LogP contribution in [-0.2, 0) is 19.1 Å². The van der Waals surface area contributed by atoms with E-state index in [1.54, 1.807) is 42.4 Å². The molecule has 0 aromatic carbocycles. The molecule has 0 radical (unpaired) electrons. The first-order valence-corrected chi connectivity index (χ1v) is 12.3. The van der Waals surface area contributed by atoms with Gasteiger partial charge in [0.25, 0.3) is 0 Å². The Morgan fingerprint density at radius 1 is 1.17 bits per heavy atom. The van der Waals surface area contributed by atoms with Crippen LogP contribution in [0.5, 0.6) is 0 Å². The number of hydrogen-bond donors (Lipinski definition) is 2. The molecule has 2 aliphatic rings. The van der Waals surface area contributed by atoms with Gasteiger partial charge in [-0.2, -0.15) is 0 Å². The van der Waals surface area contributed by atoms with E-state index < -0.39 is 6.04 Å². The maximum Gasteiger partial charge on any atom is 0.247 e. The number of nitrogens with zero attached hydrogens (tertiary/aromatic N) is 3. The van der Waals surface area contributed by atoms with Crippen LogP contribution in [0, 0.1) is 6.92 Å². The van der Waals surface area contributed by atoms with Crippen molar-refractivity contribution >= 4 is 23.5 Å². The number of anilines is 1. The van der Waals surface area contributed by atoms with Gasteiger partial charge in [0.2, 0.25) is 17.7 Å². The maximum atomic E-state index is 13.5. The van der Waals surface area contributed by atoms with Crippen LogP contribution in [0.2, 0.25) is 0 Å². The Balaban J connectivity index is 1.50. The second-order valence-corrected chi connectivity index (χ2v) is 9.23. The van der Waals surface area contributed by atoms with Gasteiger partial charge in [-0.15, -0.1) is 0 Å². The topological polar surface area (TPSA) is 127 Å². The summed E-state index contributed by atoms with van der Waals surface area (Å²) < 4.78 is 10.8. The fourth-order valence-corrected chi connectivity index (χ4v) is 4.71. The van der Waals surface area contributed by atoms with E-state index in [2.05, 4.69) is 20.8 Å². The Kier molecular flexibility index (Phi) is 8.46. The predicted octanol–water partition coefficient (Wildman–Crippen LogP) is 2.90. The minimum absolute atomic E-state index is 0.0449. The van der Waals surface area contributed by atoms with Gasteiger partial charge in [-0.3, -0.25) is 19.4 Å². The molecule has 1 aliphatic heterocycles. The van der Waals surface area contributed by atoms with Gasteiger partial charge in [-0.1, -0.05) is 24.1 Å². The average molecular weight is 484 g/mol. The van der Waals surface area contributed by atoms with E-state index in [-0.39, 0.29) is 49.3 Å². The standard InChI is InChI=1S/C25H33N5O5/c1-17-14-21(29-35-17)28-22(31)10-11-23(32)30(16-20-9-5-13-34-20)24(18-6-4-12-26-15-18)25(33)27-19-7-2-3-8-19/h4,6,12,14-15,19-20,24H,2-3,5,7-11,13,16H2,1H3,(H,27,33)(H,28,29,31)/t20-,24+/m1/s1. The highest BCUT2D eigenvalue weighted by molar-refractivity contribution is 5.94. The van der Waals surface area contributed by atoms with E-state index in [0.29, 0.717) is 23.7 Å². The molecular weight excluding hydrogens is 450 g/mol. The summed E-state index contributed by atoms with van der Waals surface area (Å²) in [5.74, 6) is 0.0188. The van der Waals surface area contributed by atoms with Gasteiger partial charge in [-0.25, -0.2) is 0 Å². The molecule has 3 heterocycles. The molecule has 2 fully saturated rings. The molecule has 4 rings (SSSR count). The third-order valence-corrected chi connectivity index (χ3v) is 6.47. The summed E-state index contributed by atoms with van der Waals surface area (Å²) in [6, 6.07) is 4.43. The average Bonchev–Trinajstić information content (AvgIpc) is 3.62. The zero-order valence-electron chi connectivity index (χ0n) is 20.1. The molecule has 3 amide bonds. The van der Waals surface area contributed by atoms with Crippen LogP contribution in [0.4, 0.5) is 5.82 Å². The lowest BCUT2D eigenvalue weighted by Crippen LogP contribution is -2.48. The Morgan fingerprint density at radius 2 is 2.00 bits per heavy atom. The Labute approximate surface area is 204 Å². The highest BCUT2D eigenvalue weighted by Crippen LogP contribution is 2.27. The molecule has 10 nitrogen and oxygen atoms in total. The maximum absolute atomic E-state index is 13.5. The van der Waals surface area contributed by atoms with Crippen molar-refractivity contribution in [1.82, 2.24) is 20.4 Å². The Hall–Kier alpha value is -3.27. The third kappa shape index (κ3) is 6.88. The van der Waals surface area contributed by atoms with Gasteiger partial charge < -0.3 is 24.8 Å². The van der Waals surface area contributed by atoms with Crippen molar-refractivity contribution < 1.29 is 23.6 Å². The number of aryl methyl sites for hydroxylation is 1. The van der Waals surface area contributed by atoms with Crippen molar-refractivity contribution in [2.45, 2.75) is 76.5 Å². The monoisotopic (exact) mass is 483 g/mol. The summed E-state index contributed by atoms with van der Waals surface area (Å²) >= 11 is 0. The quantitative estimate of drug-likeness (QED) is 0.532. The third-order valence-electron chi connectivity index (χ3n) is 6.47. The number of hydrogen-bond acceptors (Lipinski definition) is 7. The van der Waals surface area contributed by atoms with E-state index in [0.717, 1.165) is 38.5 Å². The fraction of sp³-hybridized carbons (Fsp3) is 0.560. The Bertz CT molecular complexity index is 999. The molecule has 0 bridgehead atoms. The van der Waals surface area contributed by atoms with Crippen molar-refractivity contribution in [3.63, 3.8) is 0 Å². The van der Waals surface area contributed by atoms with Gasteiger partial charge in [0, 0.05) is 56.1 Å². The number of aromatic nitrogens is 2. The van der Waals surface area contributed by atoms with Gasteiger partial charge >= 0.3 is 0 Å². The minimum atomic E-state index is -0.845. The van der Waals surface area contributed by atoms with Gasteiger partial charge in [-0.05, 0) is 38.7 Å². The summed E-state index contributed by atoms with van der Waals surface area (Å²) in [7, 11) is 0. The molecule has 35 heavy (non-hydrogen) atoms. The molecule has 188 valence electrons. The lowest BCUT2D eigenvalue weighted by atomic mass is 10.0. The van der Waals surface area contributed by atoms with Crippen molar-refractivity contribution in [2.24, 2.45) is 0 Å². The van der Waals surface area contributed by atoms with Crippen LogP contribution in [-0.4, -0.2) is 58.1 Å². The number of ether oxygens (including phenoxy) is 1. The van der Waals surface area contributed by atoms with Gasteiger partial charge in [0.1, 0.15) is 11.8 Å². The van der Waals surface area contributed by atoms with Gasteiger partial charge in [0.05, 0.1) is 6.10 Å². The smallest absolute Gasteiger partial charge is 0.247 e. The minimum Gasteiger partial charge on any atom is -0.376 e. The van der Waals surface area contributed by atoms with E-state index in [9.17, 15) is 14.4 Å². The predicted molar refractivity (Wildman–Crippen MR) is 127 cm³/mol. The number of pyridine rings is 1. The van der Waals surface area contributed by atoms with Crippen LogP contribution < -0.4 is 10.6 Å². The molecule has 1 aliphatic carbocycles. The number of carbonyl (C=O) groups excluding carboxylic acids is 3. The second-order valence-electron chi connectivity index (χ2n) is 9.23. The summed E-state index contributed by atoms with van der Waals surface area (Å²) in [5.41, 5.74) is 0.636. The van der Waals surface area contributed by atoms with Crippen molar-refractivity contribution in [3.05, 3.63) is 41.9 Å². The number of rotatable bonds is 10. The summed E-state index contributed by atoms with van der Waals surface area (Å²) in [6.45, 7) is 2.64. The molecule has 0 spiro atoms. The molecule has 2 N–H and O–H groups in total. The molecule has 10 heteroatoms. The first-order valence-electron chi connectivity index (χ1n) is 12.3. The first-order chi connectivity index (χ1) is 17.0. The normalized spacial score (nSPS) is 18.8. The highest BCUT2D eigenvalue weighted by Gasteiger charge is 2.35. The number of carbonyl (C=O) groups is 3. The summed E-state index contributed by atoms with van der Waals surface area (Å²) in [5, 5.41) is 9.52. The van der Waals surface area contributed by atoms with Crippen molar-refractivity contribution in [1.29, 1.82) is 0 Å². The van der Waals surface area contributed by atoms with Crippen molar-refractivity contribution in [2.75, 3.05) is 18.5 Å². The van der Waals surface area contributed by atoms with Crippen LogP contribution in [0.25, 0.3) is 0 Å². The molecule has 1 saturated carbocycles. The van der Waals surface area contributed by atoms with Crippen molar-refractivity contribution in [3.8, 4) is 0 Å². The number of nitrogens with one attached hydrogen (secondary N) is 2. The molecule has 2 aromatic heterocycles. The highest BCUT2D eigenvalue weighted by atomic mass is 16.5. The van der Waals surface area contributed by atoms with Crippen LogP contribution in [0.1, 0.15) is 68.7 Å². The molecule has 2 aromatic rings. The van der Waals surface area contributed by atoms with E-state index in [1.165, 1.54) is 0 Å². The summed E-state index contributed by atoms with van der Waals surface area (Å²) in [6.07, 6.45) is 8.79. The Morgan fingerprint density at radius 3 is 2.66 bits per heavy atom. The zero-order chi connectivity index (χ0) is 24.6.